The Hall–Kier alpha value is -1.53. The number of benzene rings is 1. The second kappa shape index (κ2) is 6.49. The summed E-state index contributed by atoms with van der Waals surface area (Å²) in [6.07, 6.45) is 0.793. The lowest BCUT2D eigenvalue weighted by atomic mass is 10.2. The lowest BCUT2D eigenvalue weighted by Crippen LogP contribution is -2.21. The van der Waals surface area contributed by atoms with Gasteiger partial charge in [-0.05, 0) is 53.9 Å². The Kier molecular flexibility index (Phi) is 4.90. The molecular weight excluding hydrogens is 356 g/mol. The van der Waals surface area contributed by atoms with E-state index in [0.717, 1.165) is 27.7 Å². The maximum absolute atomic E-state index is 12.1. The molecule has 7 heteroatoms. The normalized spacial score (nSPS) is 10.5. The van der Waals surface area contributed by atoms with E-state index in [9.17, 15) is 4.79 Å². The Balaban J connectivity index is 2.13. The highest BCUT2D eigenvalue weighted by Gasteiger charge is 2.13. The molecule has 1 aromatic carbocycles. The molecule has 0 fully saturated rings. The minimum atomic E-state index is -0.349. The van der Waals surface area contributed by atoms with Gasteiger partial charge < -0.3 is 5.32 Å². The molecule has 2 amide bonds. The Morgan fingerprint density at radius 3 is 2.76 bits per heavy atom. The zero-order valence-corrected chi connectivity index (χ0v) is 14.3. The van der Waals surface area contributed by atoms with Crippen molar-refractivity contribution in [2.75, 3.05) is 10.6 Å². The number of rotatable bonds is 3. The number of hydrogen-bond donors (Lipinski definition) is 3. The number of aryl methyl sites for hydroxylation is 2. The zero-order valence-electron chi connectivity index (χ0n) is 12.0. The lowest BCUT2D eigenvalue weighted by molar-refractivity contribution is 0.262. The maximum Gasteiger partial charge on any atom is 0.324 e. The van der Waals surface area contributed by atoms with Crippen LogP contribution in [0.1, 0.15) is 23.7 Å². The summed E-state index contributed by atoms with van der Waals surface area (Å²) >= 11 is 9.39. The second-order valence-electron chi connectivity index (χ2n) is 4.69. The number of halogens is 2. The van der Waals surface area contributed by atoms with Gasteiger partial charge in [0, 0.05) is 21.4 Å². The molecule has 0 unspecified atom stereocenters. The predicted octanol–water partition coefficient (Wildman–Crippen LogP) is 4.65. The van der Waals surface area contributed by atoms with Crippen LogP contribution in [0.5, 0.6) is 0 Å². The molecule has 0 aliphatic carbocycles. The summed E-state index contributed by atoms with van der Waals surface area (Å²) in [5.41, 5.74) is 3.52. The van der Waals surface area contributed by atoms with Gasteiger partial charge >= 0.3 is 6.03 Å². The first-order valence-electron chi connectivity index (χ1n) is 6.49. The van der Waals surface area contributed by atoms with E-state index in [1.807, 2.05) is 26.8 Å². The fourth-order valence-electron chi connectivity index (χ4n) is 2.03. The molecule has 21 heavy (non-hydrogen) atoms. The monoisotopic (exact) mass is 370 g/mol. The first kappa shape index (κ1) is 15.9. The number of carbonyl (C=O) groups is 1. The van der Waals surface area contributed by atoms with Crippen molar-refractivity contribution in [3.05, 3.63) is 38.4 Å². The first-order valence-corrected chi connectivity index (χ1v) is 7.67. The smallest absolute Gasteiger partial charge is 0.307 e. The van der Waals surface area contributed by atoms with Crippen molar-refractivity contribution < 1.29 is 4.79 Å². The molecule has 0 saturated heterocycles. The van der Waals surface area contributed by atoms with Crippen LogP contribution < -0.4 is 10.6 Å². The average molecular weight is 372 g/mol. The van der Waals surface area contributed by atoms with E-state index in [4.69, 9.17) is 11.6 Å². The molecule has 0 saturated carbocycles. The molecule has 1 aromatic heterocycles. The molecule has 0 aliphatic heterocycles. The van der Waals surface area contributed by atoms with Crippen LogP contribution >= 0.6 is 27.5 Å². The third kappa shape index (κ3) is 3.57. The van der Waals surface area contributed by atoms with Crippen LogP contribution in [0.25, 0.3) is 0 Å². The Morgan fingerprint density at radius 2 is 2.10 bits per heavy atom. The molecule has 0 bridgehead atoms. The van der Waals surface area contributed by atoms with E-state index in [1.165, 1.54) is 0 Å². The summed E-state index contributed by atoms with van der Waals surface area (Å²) in [7, 11) is 0. The molecule has 0 aliphatic rings. The van der Waals surface area contributed by atoms with Crippen LogP contribution in [-0.4, -0.2) is 16.2 Å². The fraction of sp³-hybridized carbons (Fsp3) is 0.286. The summed E-state index contributed by atoms with van der Waals surface area (Å²) in [5, 5.41) is 13.0. The van der Waals surface area contributed by atoms with E-state index < -0.39 is 0 Å². The number of anilines is 2. The number of aromatic amines is 1. The largest absolute Gasteiger partial charge is 0.324 e. The summed E-state index contributed by atoms with van der Waals surface area (Å²) in [5.74, 6) is 0.549. The standard InChI is InChI=1S/C14H16BrClN4O/c1-4-9-8(3)19-20-13(9)18-14(21)17-12-6-11(16)10(15)5-7(12)2/h5-6H,4H2,1-3H3,(H3,17,18,19,20,21). The molecule has 5 nitrogen and oxygen atoms in total. The highest BCUT2D eigenvalue weighted by molar-refractivity contribution is 9.10. The van der Waals surface area contributed by atoms with Crippen molar-refractivity contribution in [2.24, 2.45) is 0 Å². The second-order valence-corrected chi connectivity index (χ2v) is 5.95. The number of carbonyl (C=O) groups excluding carboxylic acids is 1. The fourth-order valence-corrected chi connectivity index (χ4v) is 2.65. The summed E-state index contributed by atoms with van der Waals surface area (Å²) in [6, 6.07) is 3.21. The predicted molar refractivity (Wildman–Crippen MR) is 89.2 cm³/mol. The third-order valence-corrected chi connectivity index (χ3v) is 4.37. The van der Waals surface area contributed by atoms with Crippen molar-refractivity contribution in [3.8, 4) is 0 Å². The quantitative estimate of drug-likeness (QED) is 0.735. The van der Waals surface area contributed by atoms with Gasteiger partial charge in [0.15, 0.2) is 5.82 Å². The third-order valence-electron chi connectivity index (χ3n) is 3.17. The lowest BCUT2D eigenvalue weighted by Gasteiger charge is -2.11. The molecule has 3 N–H and O–H groups in total. The number of H-pyrrole nitrogens is 1. The number of nitrogens with one attached hydrogen (secondary N) is 3. The number of hydrogen-bond acceptors (Lipinski definition) is 2. The minimum Gasteiger partial charge on any atom is -0.307 e. The van der Waals surface area contributed by atoms with Crippen LogP contribution in [-0.2, 0) is 6.42 Å². The van der Waals surface area contributed by atoms with Crippen molar-refractivity contribution in [1.82, 2.24) is 10.2 Å². The van der Waals surface area contributed by atoms with E-state index in [-0.39, 0.29) is 6.03 Å². The van der Waals surface area contributed by atoms with Crippen LogP contribution in [0.15, 0.2) is 16.6 Å². The number of urea groups is 1. The van der Waals surface area contributed by atoms with E-state index in [2.05, 4.69) is 36.8 Å². The molecule has 2 aromatic rings. The molecule has 0 radical (unpaired) electrons. The van der Waals surface area contributed by atoms with Crippen molar-refractivity contribution in [3.63, 3.8) is 0 Å². The molecule has 2 rings (SSSR count). The van der Waals surface area contributed by atoms with Crippen molar-refractivity contribution in [1.29, 1.82) is 0 Å². The summed E-state index contributed by atoms with van der Waals surface area (Å²) < 4.78 is 0.795. The van der Waals surface area contributed by atoms with Gasteiger partial charge in [-0.15, -0.1) is 0 Å². The van der Waals surface area contributed by atoms with Crippen LogP contribution in [0.2, 0.25) is 5.02 Å². The Morgan fingerprint density at radius 1 is 1.38 bits per heavy atom. The van der Waals surface area contributed by atoms with Crippen LogP contribution in [0.3, 0.4) is 0 Å². The maximum atomic E-state index is 12.1. The van der Waals surface area contributed by atoms with E-state index >= 15 is 0 Å². The van der Waals surface area contributed by atoms with Crippen LogP contribution in [0, 0.1) is 13.8 Å². The van der Waals surface area contributed by atoms with E-state index in [0.29, 0.717) is 16.5 Å². The average Bonchev–Trinajstić information content (AvgIpc) is 2.76. The number of nitrogens with zero attached hydrogens (tertiary/aromatic N) is 1. The van der Waals surface area contributed by atoms with Crippen LogP contribution in [0.4, 0.5) is 16.3 Å². The van der Waals surface area contributed by atoms with Gasteiger partial charge in [0.05, 0.1) is 5.02 Å². The Labute approximate surface area is 136 Å². The van der Waals surface area contributed by atoms with E-state index in [1.54, 1.807) is 6.07 Å². The number of amides is 2. The van der Waals surface area contributed by atoms with Crippen molar-refractivity contribution >= 4 is 45.1 Å². The Bertz CT molecular complexity index is 684. The molecule has 112 valence electrons. The summed E-state index contributed by atoms with van der Waals surface area (Å²) in [4.78, 5) is 12.1. The highest BCUT2D eigenvalue weighted by Crippen LogP contribution is 2.29. The minimum absolute atomic E-state index is 0.349. The first-order chi connectivity index (χ1) is 9.92. The van der Waals surface area contributed by atoms with Gasteiger partial charge in [-0.3, -0.25) is 10.4 Å². The highest BCUT2D eigenvalue weighted by atomic mass is 79.9. The zero-order chi connectivity index (χ0) is 15.6. The van der Waals surface area contributed by atoms with Crippen molar-refractivity contribution in [2.45, 2.75) is 27.2 Å². The van der Waals surface area contributed by atoms with Gasteiger partial charge in [0.1, 0.15) is 0 Å². The van der Waals surface area contributed by atoms with Gasteiger partial charge in [-0.1, -0.05) is 18.5 Å². The molecule has 0 atom stereocenters. The topological polar surface area (TPSA) is 69.8 Å². The molecular formula is C14H16BrClN4O. The van der Waals surface area contributed by atoms with Gasteiger partial charge in [0.2, 0.25) is 0 Å². The number of aromatic nitrogens is 2. The van der Waals surface area contributed by atoms with Gasteiger partial charge in [-0.25, -0.2) is 4.79 Å². The molecule has 1 heterocycles. The van der Waals surface area contributed by atoms with Gasteiger partial charge in [-0.2, -0.15) is 5.10 Å². The molecule has 0 spiro atoms. The van der Waals surface area contributed by atoms with Gasteiger partial charge in [0.25, 0.3) is 0 Å². The summed E-state index contributed by atoms with van der Waals surface area (Å²) in [6.45, 7) is 5.83. The SMILES string of the molecule is CCc1c(NC(=O)Nc2cc(Cl)c(Br)cc2C)n[nH]c1C.